The zero-order valence-electron chi connectivity index (χ0n) is 15.1. The lowest BCUT2D eigenvalue weighted by Crippen LogP contribution is -2.14. The van der Waals surface area contributed by atoms with Crippen molar-refractivity contribution in [1.82, 2.24) is 0 Å². The molecule has 1 nitrogen and oxygen atoms in total. The number of hydrogen-bond acceptors (Lipinski definition) is 1. The van der Waals surface area contributed by atoms with Crippen molar-refractivity contribution in [2.45, 2.75) is 45.4 Å². The molecule has 2 N–H and O–H groups in total. The van der Waals surface area contributed by atoms with E-state index in [1.54, 1.807) is 0 Å². The highest BCUT2D eigenvalue weighted by Crippen LogP contribution is 2.39. The molecule has 124 valence electrons. The van der Waals surface area contributed by atoms with Gasteiger partial charge in [0, 0.05) is 17.2 Å². The SMILES string of the molecule is Cc1ccc(-c2cc(C(C)(C)C)cc([C@H]3C=CC=CC3)c2N)cc1. The summed E-state index contributed by atoms with van der Waals surface area (Å²) >= 11 is 0. The molecule has 0 radical (unpaired) electrons. The molecule has 0 saturated carbocycles. The Morgan fingerprint density at radius 2 is 1.71 bits per heavy atom. The van der Waals surface area contributed by atoms with E-state index in [1.165, 1.54) is 22.3 Å². The van der Waals surface area contributed by atoms with E-state index in [0.29, 0.717) is 5.92 Å². The number of benzene rings is 2. The molecule has 1 atom stereocenters. The number of nitrogens with two attached hydrogens (primary N) is 1. The molecule has 0 saturated heterocycles. The minimum Gasteiger partial charge on any atom is -0.398 e. The molecular weight excluding hydrogens is 290 g/mol. The van der Waals surface area contributed by atoms with Crippen molar-refractivity contribution >= 4 is 5.69 Å². The van der Waals surface area contributed by atoms with Crippen LogP contribution >= 0.6 is 0 Å². The quantitative estimate of drug-likeness (QED) is 0.661. The Bertz CT molecular complexity index is 786. The van der Waals surface area contributed by atoms with Crippen LogP contribution in [0.4, 0.5) is 5.69 Å². The van der Waals surface area contributed by atoms with E-state index >= 15 is 0 Å². The summed E-state index contributed by atoms with van der Waals surface area (Å²) in [6.07, 6.45) is 9.74. The fourth-order valence-corrected chi connectivity index (χ4v) is 3.20. The van der Waals surface area contributed by atoms with Gasteiger partial charge in [-0.25, -0.2) is 0 Å². The third-order valence-electron chi connectivity index (χ3n) is 4.82. The largest absolute Gasteiger partial charge is 0.398 e. The van der Waals surface area contributed by atoms with Crippen molar-refractivity contribution in [3.63, 3.8) is 0 Å². The molecule has 1 aliphatic rings. The molecule has 0 spiro atoms. The Morgan fingerprint density at radius 1 is 1.00 bits per heavy atom. The van der Waals surface area contributed by atoms with Crippen molar-refractivity contribution in [3.8, 4) is 11.1 Å². The zero-order valence-corrected chi connectivity index (χ0v) is 15.1. The molecule has 0 fully saturated rings. The van der Waals surface area contributed by atoms with E-state index in [0.717, 1.165) is 17.7 Å². The maximum Gasteiger partial charge on any atom is 0.0432 e. The molecule has 24 heavy (non-hydrogen) atoms. The van der Waals surface area contributed by atoms with Crippen LogP contribution in [-0.4, -0.2) is 0 Å². The van der Waals surface area contributed by atoms with Crippen LogP contribution in [-0.2, 0) is 5.41 Å². The molecule has 0 bridgehead atoms. The first-order chi connectivity index (χ1) is 11.4. The molecule has 2 aromatic rings. The third kappa shape index (κ3) is 3.31. The van der Waals surface area contributed by atoms with E-state index in [1.807, 2.05) is 0 Å². The molecule has 2 aromatic carbocycles. The Balaban J connectivity index is 2.18. The second-order valence-electron chi connectivity index (χ2n) is 7.80. The average Bonchev–Trinajstić information content (AvgIpc) is 2.56. The van der Waals surface area contributed by atoms with Gasteiger partial charge in [-0.1, -0.05) is 81.0 Å². The van der Waals surface area contributed by atoms with Gasteiger partial charge in [0.2, 0.25) is 0 Å². The monoisotopic (exact) mass is 317 g/mol. The summed E-state index contributed by atoms with van der Waals surface area (Å²) in [5.41, 5.74) is 13.8. The van der Waals surface area contributed by atoms with Gasteiger partial charge in [0.05, 0.1) is 0 Å². The number of rotatable bonds is 2. The van der Waals surface area contributed by atoms with E-state index in [4.69, 9.17) is 5.73 Å². The van der Waals surface area contributed by atoms with Gasteiger partial charge >= 0.3 is 0 Å². The minimum absolute atomic E-state index is 0.0934. The second kappa shape index (κ2) is 6.32. The molecule has 1 aliphatic carbocycles. The molecule has 0 aromatic heterocycles. The maximum atomic E-state index is 6.64. The second-order valence-corrected chi connectivity index (χ2v) is 7.80. The van der Waals surface area contributed by atoms with Crippen molar-refractivity contribution in [2.24, 2.45) is 0 Å². The van der Waals surface area contributed by atoms with Gasteiger partial charge in [0.15, 0.2) is 0 Å². The zero-order chi connectivity index (χ0) is 17.3. The summed E-state index contributed by atoms with van der Waals surface area (Å²) in [5.74, 6) is 0.362. The lowest BCUT2D eigenvalue weighted by atomic mass is 9.80. The highest BCUT2D eigenvalue weighted by atomic mass is 14.6. The Kier molecular flexibility index (Phi) is 4.36. The van der Waals surface area contributed by atoms with Crippen LogP contribution in [0.25, 0.3) is 11.1 Å². The van der Waals surface area contributed by atoms with Crippen LogP contribution in [0.2, 0.25) is 0 Å². The van der Waals surface area contributed by atoms with E-state index in [-0.39, 0.29) is 5.41 Å². The van der Waals surface area contributed by atoms with Gasteiger partial charge in [-0.2, -0.15) is 0 Å². The highest BCUT2D eigenvalue weighted by Gasteiger charge is 2.21. The van der Waals surface area contributed by atoms with E-state index < -0.39 is 0 Å². The first kappa shape index (κ1) is 16.6. The fraction of sp³-hybridized carbons (Fsp3) is 0.304. The van der Waals surface area contributed by atoms with Crippen LogP contribution in [0.15, 0.2) is 60.7 Å². The molecule has 0 aliphatic heterocycles. The van der Waals surface area contributed by atoms with Crippen molar-refractivity contribution in [1.29, 1.82) is 0 Å². The standard InChI is InChI=1S/C23H27N/c1-16-10-12-18(13-11-16)21-15-19(23(2,3)4)14-20(22(21)24)17-8-6-5-7-9-17/h5-8,10-15,17H,9,24H2,1-4H3/t17-/m0/s1. The summed E-state index contributed by atoms with van der Waals surface area (Å²) in [7, 11) is 0. The predicted octanol–water partition coefficient (Wildman–Crippen LogP) is 6.14. The lowest BCUT2D eigenvalue weighted by Gasteiger charge is -2.26. The Labute approximate surface area is 145 Å². The van der Waals surface area contributed by atoms with Crippen LogP contribution in [0.5, 0.6) is 0 Å². The normalized spacial score (nSPS) is 17.2. The van der Waals surface area contributed by atoms with Gasteiger partial charge in [0.1, 0.15) is 0 Å². The molecule has 3 rings (SSSR count). The van der Waals surface area contributed by atoms with Crippen LogP contribution in [0.3, 0.4) is 0 Å². The van der Waals surface area contributed by atoms with Crippen LogP contribution < -0.4 is 5.73 Å². The van der Waals surface area contributed by atoms with Crippen LogP contribution in [0, 0.1) is 6.92 Å². The smallest absolute Gasteiger partial charge is 0.0432 e. The number of aryl methyl sites for hydroxylation is 1. The summed E-state index contributed by atoms with van der Waals surface area (Å²) in [6.45, 7) is 8.90. The first-order valence-corrected chi connectivity index (χ1v) is 8.70. The summed E-state index contributed by atoms with van der Waals surface area (Å²) in [5, 5.41) is 0. The minimum atomic E-state index is 0.0934. The van der Waals surface area contributed by atoms with E-state index in [2.05, 4.69) is 88.4 Å². The summed E-state index contributed by atoms with van der Waals surface area (Å²) in [6, 6.07) is 13.2. The highest BCUT2D eigenvalue weighted by molar-refractivity contribution is 5.80. The predicted molar refractivity (Wildman–Crippen MR) is 105 cm³/mol. The average molecular weight is 317 g/mol. The Morgan fingerprint density at radius 3 is 2.29 bits per heavy atom. The molecule has 1 heteroatoms. The number of hydrogen-bond donors (Lipinski definition) is 1. The number of anilines is 1. The molecule has 0 unspecified atom stereocenters. The Hall–Kier alpha value is -2.28. The van der Waals surface area contributed by atoms with Crippen molar-refractivity contribution < 1.29 is 0 Å². The van der Waals surface area contributed by atoms with Crippen molar-refractivity contribution in [3.05, 3.63) is 77.4 Å². The van der Waals surface area contributed by atoms with Gasteiger partial charge in [0.25, 0.3) is 0 Å². The summed E-state index contributed by atoms with van der Waals surface area (Å²) < 4.78 is 0. The van der Waals surface area contributed by atoms with Gasteiger partial charge in [-0.3, -0.25) is 0 Å². The third-order valence-corrected chi connectivity index (χ3v) is 4.82. The molecule has 0 amide bonds. The molecular formula is C23H27N. The van der Waals surface area contributed by atoms with Crippen molar-refractivity contribution in [2.75, 3.05) is 5.73 Å². The van der Waals surface area contributed by atoms with Gasteiger partial charge in [-0.15, -0.1) is 0 Å². The van der Waals surface area contributed by atoms with Gasteiger partial charge in [-0.05, 0) is 41.5 Å². The lowest BCUT2D eigenvalue weighted by molar-refractivity contribution is 0.589. The molecule has 0 heterocycles. The van der Waals surface area contributed by atoms with Crippen LogP contribution in [0.1, 0.15) is 49.8 Å². The number of allylic oxidation sites excluding steroid dienone is 4. The topological polar surface area (TPSA) is 26.0 Å². The number of nitrogen functional groups attached to an aromatic ring is 1. The maximum absolute atomic E-state index is 6.64. The van der Waals surface area contributed by atoms with Gasteiger partial charge < -0.3 is 5.73 Å². The van der Waals surface area contributed by atoms with E-state index in [9.17, 15) is 0 Å². The fourth-order valence-electron chi connectivity index (χ4n) is 3.20. The first-order valence-electron chi connectivity index (χ1n) is 8.70. The summed E-state index contributed by atoms with van der Waals surface area (Å²) in [4.78, 5) is 0.